The van der Waals surface area contributed by atoms with Crippen LogP contribution in [0.15, 0.2) is 18.2 Å². The molecule has 0 radical (unpaired) electrons. The van der Waals surface area contributed by atoms with Gasteiger partial charge in [-0.05, 0) is 17.7 Å². The van der Waals surface area contributed by atoms with Crippen LogP contribution in [-0.2, 0) is 9.53 Å². The number of carbonyl (C=O) groups excluding carboxylic acids is 2. The highest BCUT2D eigenvalue weighted by Gasteiger charge is 2.28. The van der Waals surface area contributed by atoms with Gasteiger partial charge in [-0.15, -0.1) is 0 Å². The number of ether oxygens (including phenoxy) is 1. The summed E-state index contributed by atoms with van der Waals surface area (Å²) in [7, 11) is 1.08. The number of aliphatic hydroxyl groups excluding tert-OH is 2. The number of benzene rings is 1. The summed E-state index contributed by atoms with van der Waals surface area (Å²) in [5, 5.41) is 19.5. The summed E-state index contributed by atoms with van der Waals surface area (Å²) in [5.74, 6) is -0.982. The molecule has 0 bridgehead atoms. The van der Waals surface area contributed by atoms with Gasteiger partial charge in [0.1, 0.15) is 12.4 Å². The van der Waals surface area contributed by atoms with E-state index in [2.05, 4.69) is 4.74 Å². The van der Waals surface area contributed by atoms with Gasteiger partial charge >= 0.3 is 5.97 Å². The highest BCUT2D eigenvalue weighted by molar-refractivity contribution is 6.30. The summed E-state index contributed by atoms with van der Waals surface area (Å²) in [6, 6.07) is 4.14. The second kappa shape index (κ2) is 5.77. The van der Waals surface area contributed by atoms with Crippen molar-refractivity contribution in [2.45, 2.75) is 12.2 Å². The highest BCUT2D eigenvalue weighted by atomic mass is 35.5. The fourth-order valence-corrected chi connectivity index (χ4v) is 1.52. The van der Waals surface area contributed by atoms with E-state index in [0.717, 1.165) is 7.11 Å². The number of hydrogen-bond acceptors (Lipinski definition) is 5. The number of esters is 1. The number of hydrogen-bond donors (Lipinski definition) is 2. The van der Waals surface area contributed by atoms with Gasteiger partial charge in [0, 0.05) is 10.6 Å². The summed E-state index contributed by atoms with van der Waals surface area (Å²) < 4.78 is 4.29. The van der Waals surface area contributed by atoms with Crippen LogP contribution in [0.4, 0.5) is 0 Å². The van der Waals surface area contributed by atoms with E-state index in [1.165, 1.54) is 18.2 Å². The molecule has 0 spiro atoms. The maximum Gasteiger partial charge on any atom is 0.337 e. The fraction of sp³-hybridized carbons (Fsp3) is 0.273. The summed E-state index contributed by atoms with van der Waals surface area (Å²) in [6.07, 6.45) is -2.81. The largest absolute Gasteiger partial charge is 0.467 e. The lowest BCUT2D eigenvalue weighted by molar-refractivity contribution is -0.156. The highest BCUT2D eigenvalue weighted by Crippen LogP contribution is 2.23. The standard InChI is InChI=1S/C11H11ClO5/c1-17-11(16)10(15)9(14)8-3-2-7(12)4-6(8)5-13/h2-5,9-10,14-15H,1H3. The van der Waals surface area contributed by atoms with Gasteiger partial charge in [-0.25, -0.2) is 4.79 Å². The zero-order valence-corrected chi connectivity index (χ0v) is 9.72. The van der Waals surface area contributed by atoms with Gasteiger partial charge < -0.3 is 14.9 Å². The number of aliphatic hydroxyl groups is 2. The molecular formula is C11H11ClO5. The van der Waals surface area contributed by atoms with Crippen molar-refractivity contribution < 1.29 is 24.5 Å². The van der Waals surface area contributed by atoms with Crippen molar-refractivity contribution in [1.82, 2.24) is 0 Å². The Balaban J connectivity index is 3.07. The normalized spacial score (nSPS) is 13.9. The first-order chi connectivity index (χ1) is 8.01. The number of carbonyl (C=O) groups is 2. The van der Waals surface area contributed by atoms with Crippen molar-refractivity contribution >= 4 is 23.9 Å². The first-order valence-corrected chi connectivity index (χ1v) is 5.07. The van der Waals surface area contributed by atoms with Crippen molar-refractivity contribution in [3.8, 4) is 0 Å². The predicted octanol–water partition coefficient (Wildman–Crippen LogP) is 0.720. The minimum atomic E-state index is -1.75. The van der Waals surface area contributed by atoms with Crippen molar-refractivity contribution in [1.29, 1.82) is 0 Å². The molecule has 0 amide bonds. The van der Waals surface area contributed by atoms with Crippen LogP contribution in [0.3, 0.4) is 0 Å². The lowest BCUT2D eigenvalue weighted by Gasteiger charge is -2.17. The van der Waals surface area contributed by atoms with Crippen LogP contribution in [-0.4, -0.2) is 35.7 Å². The minimum Gasteiger partial charge on any atom is -0.467 e. The Morgan fingerprint density at radius 1 is 1.47 bits per heavy atom. The van der Waals surface area contributed by atoms with Crippen molar-refractivity contribution in [2.24, 2.45) is 0 Å². The lowest BCUT2D eigenvalue weighted by Crippen LogP contribution is -2.29. The van der Waals surface area contributed by atoms with E-state index < -0.39 is 18.2 Å². The van der Waals surface area contributed by atoms with Crippen LogP contribution in [0, 0.1) is 0 Å². The Hall–Kier alpha value is -1.43. The van der Waals surface area contributed by atoms with E-state index in [9.17, 15) is 19.8 Å². The molecule has 0 aliphatic heterocycles. The number of rotatable bonds is 4. The van der Waals surface area contributed by atoms with E-state index in [4.69, 9.17) is 11.6 Å². The summed E-state index contributed by atoms with van der Waals surface area (Å²) in [4.78, 5) is 21.8. The topological polar surface area (TPSA) is 83.8 Å². The molecule has 0 fully saturated rings. The second-order valence-corrected chi connectivity index (χ2v) is 3.74. The van der Waals surface area contributed by atoms with Crippen LogP contribution in [0.2, 0.25) is 5.02 Å². The Morgan fingerprint density at radius 3 is 2.65 bits per heavy atom. The first kappa shape index (κ1) is 13.6. The number of methoxy groups -OCH3 is 1. The van der Waals surface area contributed by atoms with Gasteiger partial charge in [-0.2, -0.15) is 0 Å². The van der Waals surface area contributed by atoms with Crippen LogP contribution in [0.1, 0.15) is 22.0 Å². The molecule has 0 saturated heterocycles. The molecule has 5 nitrogen and oxygen atoms in total. The molecule has 1 aromatic carbocycles. The van der Waals surface area contributed by atoms with Gasteiger partial charge in [-0.1, -0.05) is 17.7 Å². The molecule has 0 aliphatic rings. The van der Waals surface area contributed by atoms with Gasteiger partial charge in [0.2, 0.25) is 0 Å². The first-order valence-electron chi connectivity index (χ1n) is 4.69. The molecule has 2 atom stereocenters. The van der Waals surface area contributed by atoms with Crippen molar-refractivity contribution in [3.05, 3.63) is 34.3 Å². The zero-order valence-electron chi connectivity index (χ0n) is 8.96. The zero-order chi connectivity index (χ0) is 13.0. The third-order valence-corrected chi connectivity index (χ3v) is 2.47. The molecule has 0 aliphatic carbocycles. The Morgan fingerprint density at radius 2 is 2.12 bits per heavy atom. The summed E-state index contributed by atoms with van der Waals surface area (Å²) >= 11 is 5.68. The molecule has 92 valence electrons. The third-order valence-electron chi connectivity index (χ3n) is 2.24. The fourth-order valence-electron chi connectivity index (χ4n) is 1.34. The Kier molecular flexibility index (Phi) is 4.62. The van der Waals surface area contributed by atoms with Gasteiger partial charge in [-0.3, -0.25) is 4.79 Å². The van der Waals surface area contributed by atoms with Crippen LogP contribution in [0.25, 0.3) is 0 Å². The molecule has 2 unspecified atom stereocenters. The van der Waals surface area contributed by atoms with Crippen LogP contribution in [0.5, 0.6) is 0 Å². The molecular weight excluding hydrogens is 248 g/mol. The minimum absolute atomic E-state index is 0.105. The maximum atomic E-state index is 11.0. The monoisotopic (exact) mass is 258 g/mol. The maximum absolute atomic E-state index is 11.0. The Labute approximate surface area is 103 Å². The molecule has 0 aromatic heterocycles. The second-order valence-electron chi connectivity index (χ2n) is 3.30. The average molecular weight is 259 g/mol. The van der Waals surface area contributed by atoms with E-state index >= 15 is 0 Å². The lowest BCUT2D eigenvalue weighted by atomic mass is 9.99. The third kappa shape index (κ3) is 3.03. The molecule has 6 heteroatoms. The smallest absolute Gasteiger partial charge is 0.337 e. The van der Waals surface area contributed by atoms with Gasteiger partial charge in [0.05, 0.1) is 7.11 Å². The van der Waals surface area contributed by atoms with Crippen molar-refractivity contribution in [3.63, 3.8) is 0 Å². The van der Waals surface area contributed by atoms with E-state index in [1.54, 1.807) is 0 Å². The SMILES string of the molecule is COC(=O)C(O)C(O)c1ccc(Cl)cc1C=O. The van der Waals surface area contributed by atoms with Crippen LogP contribution < -0.4 is 0 Å². The molecule has 1 rings (SSSR count). The molecule has 1 aromatic rings. The summed E-state index contributed by atoms with van der Waals surface area (Å²) in [6.45, 7) is 0. The van der Waals surface area contributed by atoms with E-state index in [-0.39, 0.29) is 11.1 Å². The summed E-state index contributed by atoms with van der Waals surface area (Å²) in [5.41, 5.74) is 0.218. The average Bonchev–Trinajstić information content (AvgIpc) is 2.35. The van der Waals surface area contributed by atoms with E-state index in [1.807, 2.05) is 0 Å². The van der Waals surface area contributed by atoms with Gasteiger partial charge in [0.25, 0.3) is 0 Å². The molecule has 0 heterocycles. The predicted molar refractivity (Wildman–Crippen MR) is 59.8 cm³/mol. The molecule has 17 heavy (non-hydrogen) atoms. The quantitative estimate of drug-likeness (QED) is 0.614. The number of halogens is 1. The van der Waals surface area contributed by atoms with Gasteiger partial charge in [0.15, 0.2) is 6.10 Å². The Bertz CT molecular complexity index is 432. The van der Waals surface area contributed by atoms with E-state index in [0.29, 0.717) is 11.3 Å². The molecule has 0 saturated carbocycles. The molecule has 2 N–H and O–H groups in total. The number of aldehydes is 1. The van der Waals surface area contributed by atoms with Crippen molar-refractivity contribution in [2.75, 3.05) is 7.11 Å². The van der Waals surface area contributed by atoms with Crippen LogP contribution >= 0.6 is 11.6 Å².